The summed E-state index contributed by atoms with van der Waals surface area (Å²) in [5.41, 5.74) is 8.76. The lowest BCUT2D eigenvalue weighted by atomic mass is 9.91. The zero-order valence-corrected chi connectivity index (χ0v) is 19.4. The second-order valence-electron chi connectivity index (χ2n) is 9.05. The quantitative estimate of drug-likeness (QED) is 0.436. The van der Waals surface area contributed by atoms with Crippen LogP contribution in [0.2, 0.25) is 0 Å². The molecule has 33 heavy (non-hydrogen) atoms. The average molecular weight is 474 g/mol. The molecule has 1 aromatic carbocycles. The molecule has 2 aromatic heterocycles. The van der Waals surface area contributed by atoms with Gasteiger partial charge >= 0.3 is 0 Å². The van der Waals surface area contributed by atoms with Crippen molar-refractivity contribution >= 4 is 27.4 Å². The Balaban J connectivity index is 1.46. The van der Waals surface area contributed by atoms with Crippen LogP contribution in [0.3, 0.4) is 0 Å². The zero-order chi connectivity index (χ0) is 23.0. The maximum atomic E-state index is 12.3. The van der Waals surface area contributed by atoms with Crippen LogP contribution in [0.15, 0.2) is 34.9 Å². The van der Waals surface area contributed by atoms with E-state index in [9.17, 15) is 13.9 Å². The molecule has 0 radical (unpaired) electrons. The number of fused-ring (bicyclic) bond motifs is 1. The van der Waals surface area contributed by atoms with E-state index < -0.39 is 16.5 Å². The van der Waals surface area contributed by atoms with E-state index in [1.165, 1.54) is 0 Å². The van der Waals surface area contributed by atoms with Gasteiger partial charge in [0.2, 0.25) is 0 Å². The van der Waals surface area contributed by atoms with Crippen LogP contribution in [-0.2, 0) is 11.3 Å². The highest BCUT2D eigenvalue weighted by Crippen LogP contribution is 2.49. The highest BCUT2D eigenvalue weighted by Gasteiger charge is 2.28. The number of aromatic amines is 1. The van der Waals surface area contributed by atoms with Crippen LogP contribution in [0.5, 0.6) is 0 Å². The molecule has 0 bridgehead atoms. The summed E-state index contributed by atoms with van der Waals surface area (Å²) < 4.78 is 31.7. The number of carbonyl (C=O) groups is 1. The number of amides is 1. The number of ether oxygens (including phenoxy) is 1. The summed E-state index contributed by atoms with van der Waals surface area (Å²) in [6.07, 6.45) is 4.35. The molecule has 0 aliphatic carbocycles. The lowest BCUT2D eigenvalue weighted by Crippen LogP contribution is -2.25. The van der Waals surface area contributed by atoms with Gasteiger partial charge in [-0.3, -0.25) is 18.8 Å². The second kappa shape index (κ2) is 9.15. The van der Waals surface area contributed by atoms with E-state index in [1.807, 2.05) is 24.4 Å². The first-order valence-electron chi connectivity index (χ1n) is 11.5. The second-order valence-corrected chi connectivity index (χ2v) is 11.5. The molecule has 0 saturated carbocycles. The van der Waals surface area contributed by atoms with Crippen LogP contribution in [0.4, 0.5) is 0 Å². The number of aromatic nitrogens is 1. The van der Waals surface area contributed by atoms with E-state index in [4.69, 9.17) is 14.9 Å². The Labute approximate surface area is 194 Å². The molecule has 2 aliphatic rings. The van der Waals surface area contributed by atoms with E-state index in [0.717, 1.165) is 67.1 Å². The van der Waals surface area contributed by atoms with Crippen molar-refractivity contribution in [3.05, 3.63) is 47.3 Å². The summed E-state index contributed by atoms with van der Waals surface area (Å²) in [4.78, 5) is 17.8. The molecule has 178 valence electrons. The van der Waals surface area contributed by atoms with Gasteiger partial charge in [0.1, 0.15) is 11.5 Å². The molecular weight excluding hydrogens is 442 g/mol. The Bertz CT molecular complexity index is 1140. The Morgan fingerprint density at radius 3 is 2.79 bits per heavy atom. The highest BCUT2D eigenvalue weighted by molar-refractivity contribution is 8.24. The lowest BCUT2D eigenvalue weighted by molar-refractivity contribution is 0.100. The molecule has 9 heteroatoms. The number of carbonyl (C=O) groups excluding carboxylic acids is 1. The third kappa shape index (κ3) is 4.83. The normalized spacial score (nSPS) is 21.2. The third-order valence-corrected chi connectivity index (χ3v) is 8.53. The van der Waals surface area contributed by atoms with Gasteiger partial charge in [0, 0.05) is 48.3 Å². The fourth-order valence-electron chi connectivity index (χ4n) is 4.94. The molecule has 4 heterocycles. The van der Waals surface area contributed by atoms with Crippen LogP contribution < -0.4 is 5.73 Å². The summed E-state index contributed by atoms with van der Waals surface area (Å²) in [5, 5.41) is 0.937. The molecule has 0 spiro atoms. The first-order chi connectivity index (χ1) is 15.9. The maximum absolute atomic E-state index is 12.3. The highest BCUT2D eigenvalue weighted by atomic mass is 32.3. The molecule has 0 unspecified atom stereocenters. The Hall–Kier alpha value is -2.30. The van der Waals surface area contributed by atoms with Crippen molar-refractivity contribution in [2.24, 2.45) is 5.73 Å². The smallest absolute Gasteiger partial charge is 0.250 e. The third-order valence-electron chi connectivity index (χ3n) is 6.75. The summed E-state index contributed by atoms with van der Waals surface area (Å²) in [6.45, 7) is 4.12. The van der Waals surface area contributed by atoms with Crippen LogP contribution >= 0.6 is 10.6 Å². The molecule has 8 nitrogen and oxygen atoms in total. The monoisotopic (exact) mass is 473 g/mol. The standard InChI is InChI=1S/C24H31N3O5S/c25-24(28)20-13-17(22-3-2-18(32-22)15-27-6-1-8-31-9-7-27)12-19-21(14-26-23(19)20)16-4-10-33(29,30)11-5-16/h2-3,12-14,16,26,29-30H,1,4-11,15H2,(H2,25,28). The van der Waals surface area contributed by atoms with Crippen molar-refractivity contribution in [2.75, 3.05) is 37.8 Å². The minimum atomic E-state index is -2.46. The van der Waals surface area contributed by atoms with Crippen molar-refractivity contribution in [1.82, 2.24) is 9.88 Å². The average Bonchev–Trinajstić information content (AvgIpc) is 3.34. The number of hydrogen-bond donors (Lipinski definition) is 4. The van der Waals surface area contributed by atoms with Gasteiger partial charge < -0.3 is 19.9 Å². The van der Waals surface area contributed by atoms with Gasteiger partial charge in [-0.15, -0.1) is 0 Å². The molecular formula is C24H31N3O5S. The van der Waals surface area contributed by atoms with Crippen molar-refractivity contribution < 1.29 is 23.1 Å². The Morgan fingerprint density at radius 1 is 1.18 bits per heavy atom. The van der Waals surface area contributed by atoms with Crippen molar-refractivity contribution in [2.45, 2.75) is 31.7 Å². The number of furan rings is 1. The molecule has 1 amide bonds. The van der Waals surface area contributed by atoms with E-state index in [2.05, 4.69) is 9.88 Å². The first kappa shape index (κ1) is 22.5. The van der Waals surface area contributed by atoms with Gasteiger partial charge in [0.05, 0.1) is 24.2 Å². The van der Waals surface area contributed by atoms with Crippen molar-refractivity contribution in [3.8, 4) is 11.3 Å². The molecule has 0 atom stereocenters. The van der Waals surface area contributed by atoms with Gasteiger partial charge in [-0.1, -0.05) is 0 Å². The Morgan fingerprint density at radius 2 is 2.00 bits per heavy atom. The fourth-order valence-corrected chi connectivity index (χ4v) is 6.47. The molecule has 5 rings (SSSR count). The summed E-state index contributed by atoms with van der Waals surface area (Å²) in [5.74, 6) is 2.10. The predicted octanol–water partition coefficient (Wildman–Crippen LogP) is 4.38. The topological polar surface area (TPSA) is 125 Å². The number of rotatable bonds is 5. The van der Waals surface area contributed by atoms with Crippen LogP contribution in [0.25, 0.3) is 22.2 Å². The molecule has 5 N–H and O–H groups in total. The zero-order valence-electron chi connectivity index (χ0n) is 18.6. The number of nitrogens with zero attached hydrogens (tertiary/aromatic N) is 1. The van der Waals surface area contributed by atoms with E-state index in [1.54, 1.807) is 6.07 Å². The van der Waals surface area contributed by atoms with Crippen molar-refractivity contribution in [3.63, 3.8) is 0 Å². The fraction of sp³-hybridized carbons (Fsp3) is 0.458. The SMILES string of the molecule is NC(=O)c1cc(-c2ccc(CN3CCCOCC3)o2)cc2c(C3CCS(O)(O)CC3)c[nH]c12. The summed E-state index contributed by atoms with van der Waals surface area (Å²) in [7, 11) is -2.46. The van der Waals surface area contributed by atoms with E-state index >= 15 is 0 Å². The summed E-state index contributed by atoms with van der Waals surface area (Å²) in [6, 6.07) is 7.75. The van der Waals surface area contributed by atoms with Gasteiger partial charge in [-0.05, 0) is 55.0 Å². The lowest BCUT2D eigenvalue weighted by Gasteiger charge is -2.39. The van der Waals surface area contributed by atoms with Crippen LogP contribution in [-0.4, -0.2) is 62.7 Å². The number of hydrogen-bond acceptors (Lipinski definition) is 6. The molecule has 3 aromatic rings. The Kier molecular flexibility index (Phi) is 6.24. The number of nitrogens with one attached hydrogen (secondary N) is 1. The first-order valence-corrected chi connectivity index (χ1v) is 13.4. The largest absolute Gasteiger partial charge is 0.460 e. The van der Waals surface area contributed by atoms with E-state index in [-0.39, 0.29) is 5.92 Å². The summed E-state index contributed by atoms with van der Waals surface area (Å²) >= 11 is 0. The predicted molar refractivity (Wildman–Crippen MR) is 130 cm³/mol. The maximum Gasteiger partial charge on any atom is 0.250 e. The van der Waals surface area contributed by atoms with Gasteiger partial charge in [0.25, 0.3) is 5.91 Å². The number of nitrogens with two attached hydrogens (primary N) is 1. The minimum absolute atomic E-state index is 0.201. The number of primary amides is 1. The molecule has 2 fully saturated rings. The van der Waals surface area contributed by atoms with Crippen LogP contribution in [0.1, 0.15) is 46.9 Å². The number of H-pyrrole nitrogens is 1. The minimum Gasteiger partial charge on any atom is -0.460 e. The molecule has 2 saturated heterocycles. The van der Waals surface area contributed by atoms with Crippen molar-refractivity contribution in [1.29, 1.82) is 0 Å². The van der Waals surface area contributed by atoms with Gasteiger partial charge in [-0.25, -0.2) is 0 Å². The van der Waals surface area contributed by atoms with Gasteiger partial charge in [0.15, 0.2) is 0 Å². The molecule has 2 aliphatic heterocycles. The van der Waals surface area contributed by atoms with E-state index in [0.29, 0.717) is 35.7 Å². The van der Waals surface area contributed by atoms with Gasteiger partial charge in [-0.2, -0.15) is 10.6 Å². The van der Waals surface area contributed by atoms with Crippen LogP contribution in [0, 0.1) is 0 Å². The number of benzene rings is 1.